The lowest BCUT2D eigenvalue weighted by atomic mass is 10.0. The molecular weight excluding hydrogens is 382 g/mol. The first-order chi connectivity index (χ1) is 14.1. The monoisotopic (exact) mass is 403 g/mol. The fraction of sp³-hybridized carbons (Fsp3) is 0.174. The van der Waals surface area contributed by atoms with Crippen molar-refractivity contribution in [3.63, 3.8) is 0 Å². The molecule has 146 valence electrons. The van der Waals surface area contributed by atoms with E-state index in [4.69, 9.17) is 4.42 Å². The third kappa shape index (κ3) is 4.32. The Kier molecular flexibility index (Phi) is 5.62. The van der Waals surface area contributed by atoms with Crippen molar-refractivity contribution in [2.75, 3.05) is 5.75 Å². The molecule has 29 heavy (non-hydrogen) atoms. The van der Waals surface area contributed by atoms with Crippen LogP contribution in [-0.2, 0) is 6.54 Å². The van der Waals surface area contributed by atoms with Gasteiger partial charge in [-0.1, -0.05) is 59.8 Å². The summed E-state index contributed by atoms with van der Waals surface area (Å²) in [5.41, 5.74) is 3.96. The first kappa shape index (κ1) is 19.2. The number of nitrogens with zero attached hydrogens (tertiary/aromatic N) is 3. The fourth-order valence-corrected chi connectivity index (χ4v) is 3.96. The summed E-state index contributed by atoms with van der Waals surface area (Å²) in [6, 6.07) is 19.7. The number of ketones is 1. The van der Waals surface area contributed by atoms with Crippen LogP contribution in [0.2, 0.25) is 0 Å². The van der Waals surface area contributed by atoms with Gasteiger partial charge in [-0.2, -0.15) is 0 Å². The van der Waals surface area contributed by atoms with Crippen LogP contribution in [0.25, 0.3) is 11.6 Å². The molecule has 0 unspecified atom stereocenters. The van der Waals surface area contributed by atoms with Crippen molar-refractivity contribution in [1.29, 1.82) is 0 Å². The summed E-state index contributed by atoms with van der Waals surface area (Å²) < 4.78 is 7.53. The number of aryl methyl sites for hydroxylation is 2. The predicted octanol–water partition coefficient (Wildman–Crippen LogP) is 5.18. The maximum Gasteiger partial charge on any atom is 0.200 e. The molecule has 5 nitrogen and oxygen atoms in total. The Balaban J connectivity index is 1.60. The van der Waals surface area contributed by atoms with Gasteiger partial charge in [0.05, 0.1) is 18.6 Å². The SMILES string of the molecule is Cc1ccc(C)c(C(=O)CSc2nnc(-c3ccco3)n2Cc2ccccc2)c1. The summed E-state index contributed by atoms with van der Waals surface area (Å²) >= 11 is 1.40. The summed E-state index contributed by atoms with van der Waals surface area (Å²) in [5.74, 6) is 1.70. The molecule has 2 aromatic heterocycles. The molecule has 0 fully saturated rings. The van der Waals surface area contributed by atoms with Crippen LogP contribution in [0.15, 0.2) is 76.5 Å². The van der Waals surface area contributed by atoms with Crippen LogP contribution in [0.3, 0.4) is 0 Å². The van der Waals surface area contributed by atoms with Crippen LogP contribution in [0.1, 0.15) is 27.0 Å². The van der Waals surface area contributed by atoms with E-state index in [2.05, 4.69) is 22.3 Å². The normalized spacial score (nSPS) is 11.0. The van der Waals surface area contributed by atoms with Gasteiger partial charge in [-0.3, -0.25) is 9.36 Å². The molecule has 4 rings (SSSR count). The van der Waals surface area contributed by atoms with Gasteiger partial charge in [0.1, 0.15) is 0 Å². The van der Waals surface area contributed by atoms with Crippen LogP contribution in [-0.4, -0.2) is 26.3 Å². The second-order valence-corrected chi connectivity index (χ2v) is 7.83. The summed E-state index contributed by atoms with van der Waals surface area (Å²) in [4.78, 5) is 12.8. The zero-order valence-electron chi connectivity index (χ0n) is 16.3. The van der Waals surface area contributed by atoms with Gasteiger partial charge in [-0.15, -0.1) is 10.2 Å². The molecule has 2 aromatic carbocycles. The quantitative estimate of drug-likeness (QED) is 0.314. The Morgan fingerprint density at radius 3 is 2.62 bits per heavy atom. The molecule has 6 heteroatoms. The van der Waals surface area contributed by atoms with Crippen molar-refractivity contribution in [3.8, 4) is 11.6 Å². The van der Waals surface area contributed by atoms with Crippen molar-refractivity contribution < 1.29 is 9.21 Å². The largest absolute Gasteiger partial charge is 0.461 e. The third-order valence-corrected chi connectivity index (χ3v) is 5.63. The molecule has 0 aliphatic carbocycles. The van der Waals surface area contributed by atoms with Gasteiger partial charge >= 0.3 is 0 Å². The van der Waals surface area contributed by atoms with Gasteiger partial charge < -0.3 is 4.42 Å². The average molecular weight is 404 g/mol. The van der Waals surface area contributed by atoms with E-state index in [9.17, 15) is 4.79 Å². The number of rotatable bonds is 7. The van der Waals surface area contributed by atoms with E-state index in [1.54, 1.807) is 6.26 Å². The van der Waals surface area contributed by atoms with E-state index in [0.29, 0.717) is 29.0 Å². The number of furan rings is 1. The highest BCUT2D eigenvalue weighted by atomic mass is 32.2. The second kappa shape index (κ2) is 8.49. The molecule has 0 saturated heterocycles. The molecule has 0 amide bonds. The van der Waals surface area contributed by atoms with Crippen LogP contribution in [0.4, 0.5) is 0 Å². The zero-order chi connectivity index (χ0) is 20.2. The molecule has 0 atom stereocenters. The number of hydrogen-bond donors (Lipinski definition) is 0. The smallest absolute Gasteiger partial charge is 0.200 e. The molecule has 0 N–H and O–H groups in total. The number of Topliss-reactive ketones (excluding diaryl/α,β-unsaturated/α-hetero) is 1. The minimum atomic E-state index is 0.0880. The van der Waals surface area contributed by atoms with Crippen molar-refractivity contribution >= 4 is 17.5 Å². The number of carbonyl (C=O) groups excluding carboxylic acids is 1. The molecule has 0 aliphatic rings. The Morgan fingerprint density at radius 1 is 1.03 bits per heavy atom. The van der Waals surface area contributed by atoms with E-state index in [0.717, 1.165) is 22.3 Å². The van der Waals surface area contributed by atoms with Gasteiger partial charge in [0, 0.05) is 5.56 Å². The molecule has 0 spiro atoms. The minimum absolute atomic E-state index is 0.0880. The van der Waals surface area contributed by atoms with Crippen molar-refractivity contribution in [3.05, 3.63) is 89.2 Å². The summed E-state index contributed by atoms with van der Waals surface area (Å²) in [6.07, 6.45) is 1.62. The summed E-state index contributed by atoms with van der Waals surface area (Å²) in [5, 5.41) is 9.36. The molecule has 0 aliphatic heterocycles. The van der Waals surface area contributed by atoms with Crippen molar-refractivity contribution in [2.45, 2.75) is 25.5 Å². The van der Waals surface area contributed by atoms with Crippen molar-refractivity contribution in [1.82, 2.24) is 14.8 Å². The predicted molar refractivity (Wildman–Crippen MR) is 114 cm³/mol. The second-order valence-electron chi connectivity index (χ2n) is 6.89. The highest BCUT2D eigenvalue weighted by Crippen LogP contribution is 2.26. The van der Waals surface area contributed by atoms with Gasteiger partial charge in [-0.05, 0) is 43.2 Å². The van der Waals surface area contributed by atoms with E-state index in [1.165, 1.54) is 11.8 Å². The standard InChI is InChI=1S/C23H21N3O2S/c1-16-10-11-17(2)19(13-16)20(27)15-29-23-25-24-22(21-9-6-12-28-21)26(23)14-18-7-4-3-5-8-18/h3-13H,14-15H2,1-2H3. The average Bonchev–Trinajstić information content (AvgIpc) is 3.39. The van der Waals surface area contributed by atoms with Crippen LogP contribution in [0.5, 0.6) is 0 Å². The number of hydrogen-bond acceptors (Lipinski definition) is 5. The lowest BCUT2D eigenvalue weighted by molar-refractivity contribution is 0.102. The maximum absolute atomic E-state index is 12.8. The van der Waals surface area contributed by atoms with E-state index in [-0.39, 0.29) is 5.78 Å². The van der Waals surface area contributed by atoms with Gasteiger partial charge in [0.25, 0.3) is 0 Å². The molecule has 4 aromatic rings. The topological polar surface area (TPSA) is 60.9 Å². The molecule has 2 heterocycles. The lowest BCUT2D eigenvalue weighted by Gasteiger charge is -2.10. The summed E-state index contributed by atoms with van der Waals surface area (Å²) in [6.45, 7) is 4.56. The van der Waals surface area contributed by atoms with Crippen LogP contribution < -0.4 is 0 Å². The Hall–Kier alpha value is -3.12. The third-order valence-electron chi connectivity index (χ3n) is 4.67. The Bertz CT molecular complexity index is 1120. The zero-order valence-corrected chi connectivity index (χ0v) is 17.1. The highest BCUT2D eigenvalue weighted by Gasteiger charge is 2.18. The van der Waals surface area contributed by atoms with Crippen LogP contribution >= 0.6 is 11.8 Å². The summed E-state index contributed by atoms with van der Waals surface area (Å²) in [7, 11) is 0. The number of thioether (sulfide) groups is 1. The number of carbonyl (C=O) groups is 1. The van der Waals surface area contributed by atoms with Crippen molar-refractivity contribution in [2.24, 2.45) is 0 Å². The lowest BCUT2D eigenvalue weighted by Crippen LogP contribution is -2.08. The first-order valence-corrected chi connectivity index (χ1v) is 10.3. The minimum Gasteiger partial charge on any atom is -0.461 e. The van der Waals surface area contributed by atoms with E-state index in [1.807, 2.05) is 66.9 Å². The van der Waals surface area contributed by atoms with E-state index >= 15 is 0 Å². The fourth-order valence-electron chi connectivity index (χ4n) is 3.14. The molecule has 0 bridgehead atoms. The van der Waals surface area contributed by atoms with Crippen LogP contribution in [0, 0.1) is 13.8 Å². The molecule has 0 saturated carbocycles. The maximum atomic E-state index is 12.8. The Labute approximate surface area is 173 Å². The first-order valence-electron chi connectivity index (χ1n) is 9.36. The number of aromatic nitrogens is 3. The molecular formula is C23H21N3O2S. The van der Waals surface area contributed by atoms with Gasteiger partial charge in [-0.25, -0.2) is 0 Å². The molecule has 0 radical (unpaired) electrons. The Morgan fingerprint density at radius 2 is 1.86 bits per heavy atom. The van der Waals surface area contributed by atoms with E-state index < -0.39 is 0 Å². The van der Waals surface area contributed by atoms with Gasteiger partial charge in [0.15, 0.2) is 16.7 Å². The highest BCUT2D eigenvalue weighted by molar-refractivity contribution is 7.99. The van der Waals surface area contributed by atoms with Gasteiger partial charge in [0.2, 0.25) is 5.82 Å². The number of benzene rings is 2.